The Labute approximate surface area is 97.0 Å². The molecule has 16 heavy (non-hydrogen) atoms. The van der Waals surface area contributed by atoms with Gasteiger partial charge in [-0.2, -0.15) is 0 Å². The van der Waals surface area contributed by atoms with Gasteiger partial charge in [-0.1, -0.05) is 25.5 Å². The predicted molar refractivity (Wildman–Crippen MR) is 67.2 cm³/mol. The number of benzene rings is 1. The molecule has 1 amide bonds. The van der Waals surface area contributed by atoms with Crippen molar-refractivity contribution in [2.45, 2.75) is 39.7 Å². The number of hydrogen-bond donors (Lipinski definition) is 2. The van der Waals surface area contributed by atoms with Gasteiger partial charge in [0.2, 0.25) is 5.91 Å². The van der Waals surface area contributed by atoms with E-state index in [-0.39, 0.29) is 5.91 Å². The Morgan fingerprint density at radius 2 is 2.19 bits per heavy atom. The van der Waals surface area contributed by atoms with Crippen LogP contribution in [0.5, 0.6) is 0 Å². The number of rotatable bonds is 5. The van der Waals surface area contributed by atoms with E-state index in [1.165, 1.54) is 25.3 Å². The number of amides is 1. The van der Waals surface area contributed by atoms with Crippen molar-refractivity contribution in [1.82, 2.24) is 0 Å². The van der Waals surface area contributed by atoms with Crippen molar-refractivity contribution < 1.29 is 4.79 Å². The summed E-state index contributed by atoms with van der Waals surface area (Å²) < 4.78 is 0. The van der Waals surface area contributed by atoms with Crippen molar-refractivity contribution in [2.75, 3.05) is 5.32 Å². The third-order valence-corrected chi connectivity index (χ3v) is 2.52. The molecule has 3 heteroatoms. The van der Waals surface area contributed by atoms with Crippen LogP contribution in [0.15, 0.2) is 18.2 Å². The first-order valence-electron chi connectivity index (χ1n) is 5.76. The minimum atomic E-state index is -0.0593. The highest BCUT2D eigenvalue weighted by Gasteiger charge is 2.03. The summed E-state index contributed by atoms with van der Waals surface area (Å²) >= 11 is 0. The topological polar surface area (TPSA) is 55.1 Å². The van der Waals surface area contributed by atoms with Crippen LogP contribution in [0.25, 0.3) is 0 Å². The highest BCUT2D eigenvalue weighted by atomic mass is 16.1. The van der Waals surface area contributed by atoms with E-state index in [0.717, 1.165) is 17.7 Å². The Morgan fingerprint density at radius 1 is 1.44 bits per heavy atom. The Hall–Kier alpha value is -1.35. The van der Waals surface area contributed by atoms with E-state index in [1.807, 2.05) is 6.07 Å². The SMILES string of the molecule is CCCCc1ccc(NC(C)=O)c(CN)c1. The van der Waals surface area contributed by atoms with Gasteiger partial charge >= 0.3 is 0 Å². The summed E-state index contributed by atoms with van der Waals surface area (Å²) in [6, 6.07) is 6.08. The second kappa shape index (κ2) is 6.28. The van der Waals surface area contributed by atoms with Crippen LogP contribution >= 0.6 is 0 Å². The Morgan fingerprint density at radius 3 is 2.75 bits per heavy atom. The zero-order chi connectivity index (χ0) is 12.0. The lowest BCUT2D eigenvalue weighted by Gasteiger charge is -2.10. The second-order valence-electron chi connectivity index (χ2n) is 3.98. The molecule has 0 fully saturated rings. The van der Waals surface area contributed by atoms with Crippen molar-refractivity contribution in [3.05, 3.63) is 29.3 Å². The molecule has 1 aromatic rings. The summed E-state index contributed by atoms with van der Waals surface area (Å²) in [6.07, 6.45) is 3.44. The quantitative estimate of drug-likeness (QED) is 0.800. The Balaban J connectivity index is 2.83. The summed E-state index contributed by atoms with van der Waals surface area (Å²) in [6.45, 7) is 4.14. The summed E-state index contributed by atoms with van der Waals surface area (Å²) in [5.41, 5.74) is 8.79. The molecule has 3 nitrogen and oxygen atoms in total. The molecule has 0 saturated carbocycles. The number of unbranched alkanes of at least 4 members (excludes halogenated alkanes) is 1. The van der Waals surface area contributed by atoms with Gasteiger partial charge in [-0.25, -0.2) is 0 Å². The summed E-state index contributed by atoms with van der Waals surface area (Å²) in [4.78, 5) is 11.0. The third-order valence-electron chi connectivity index (χ3n) is 2.52. The zero-order valence-corrected chi connectivity index (χ0v) is 10.0. The number of nitrogens with one attached hydrogen (secondary N) is 1. The number of hydrogen-bond acceptors (Lipinski definition) is 2. The van der Waals surface area contributed by atoms with E-state index >= 15 is 0 Å². The number of aryl methyl sites for hydroxylation is 1. The minimum Gasteiger partial charge on any atom is -0.326 e. The number of anilines is 1. The molecule has 0 aliphatic carbocycles. The highest BCUT2D eigenvalue weighted by molar-refractivity contribution is 5.89. The van der Waals surface area contributed by atoms with Gasteiger partial charge in [0, 0.05) is 19.2 Å². The summed E-state index contributed by atoms with van der Waals surface area (Å²) in [5, 5.41) is 2.79. The standard InChI is InChI=1S/C13H20N2O/c1-3-4-5-11-6-7-13(15-10(2)16)12(8-11)9-14/h6-8H,3-5,9,14H2,1-2H3,(H,15,16). The lowest BCUT2D eigenvalue weighted by atomic mass is 10.0. The average Bonchev–Trinajstić information content (AvgIpc) is 2.27. The molecular formula is C13H20N2O. The molecule has 0 aliphatic heterocycles. The monoisotopic (exact) mass is 220 g/mol. The molecular weight excluding hydrogens is 200 g/mol. The lowest BCUT2D eigenvalue weighted by Crippen LogP contribution is -2.10. The van der Waals surface area contributed by atoms with Crippen LogP contribution in [0.1, 0.15) is 37.8 Å². The number of carbonyl (C=O) groups is 1. The maximum absolute atomic E-state index is 11.0. The van der Waals surface area contributed by atoms with Crippen LogP contribution in [-0.2, 0) is 17.8 Å². The van der Waals surface area contributed by atoms with Crippen LogP contribution in [0.4, 0.5) is 5.69 Å². The smallest absolute Gasteiger partial charge is 0.221 e. The molecule has 1 aromatic carbocycles. The van der Waals surface area contributed by atoms with Gasteiger partial charge in [-0.15, -0.1) is 0 Å². The maximum Gasteiger partial charge on any atom is 0.221 e. The Kier molecular flexibility index (Phi) is 4.99. The molecule has 3 N–H and O–H groups in total. The van der Waals surface area contributed by atoms with Crippen molar-refractivity contribution in [3.63, 3.8) is 0 Å². The van der Waals surface area contributed by atoms with E-state index < -0.39 is 0 Å². The first-order valence-corrected chi connectivity index (χ1v) is 5.76. The van der Waals surface area contributed by atoms with Crippen LogP contribution in [0, 0.1) is 0 Å². The van der Waals surface area contributed by atoms with Gasteiger partial charge in [-0.3, -0.25) is 4.79 Å². The van der Waals surface area contributed by atoms with E-state index in [2.05, 4.69) is 24.4 Å². The molecule has 0 unspecified atom stereocenters. The van der Waals surface area contributed by atoms with Gasteiger partial charge in [0.1, 0.15) is 0 Å². The van der Waals surface area contributed by atoms with Crippen LogP contribution in [0.2, 0.25) is 0 Å². The fourth-order valence-corrected chi connectivity index (χ4v) is 1.66. The van der Waals surface area contributed by atoms with Gasteiger partial charge in [0.25, 0.3) is 0 Å². The van der Waals surface area contributed by atoms with Crippen LogP contribution in [-0.4, -0.2) is 5.91 Å². The predicted octanol–water partition coefficient (Wildman–Crippen LogP) is 2.45. The molecule has 0 atom stereocenters. The second-order valence-corrected chi connectivity index (χ2v) is 3.98. The lowest BCUT2D eigenvalue weighted by molar-refractivity contribution is -0.114. The van der Waals surface area contributed by atoms with Gasteiger partial charge in [0.05, 0.1) is 0 Å². The molecule has 0 spiro atoms. The van der Waals surface area contributed by atoms with Crippen molar-refractivity contribution in [2.24, 2.45) is 5.73 Å². The third kappa shape index (κ3) is 3.66. The summed E-state index contributed by atoms with van der Waals surface area (Å²) in [5.74, 6) is -0.0593. The number of carbonyl (C=O) groups excluding carboxylic acids is 1. The first kappa shape index (κ1) is 12.7. The van der Waals surface area contributed by atoms with E-state index in [0.29, 0.717) is 6.54 Å². The molecule has 88 valence electrons. The molecule has 0 radical (unpaired) electrons. The fourth-order valence-electron chi connectivity index (χ4n) is 1.66. The van der Waals surface area contributed by atoms with Gasteiger partial charge < -0.3 is 11.1 Å². The summed E-state index contributed by atoms with van der Waals surface area (Å²) in [7, 11) is 0. The molecule has 0 heterocycles. The molecule has 0 aromatic heterocycles. The average molecular weight is 220 g/mol. The van der Waals surface area contributed by atoms with Crippen LogP contribution < -0.4 is 11.1 Å². The molecule has 0 aliphatic rings. The van der Waals surface area contributed by atoms with E-state index in [4.69, 9.17) is 5.73 Å². The van der Waals surface area contributed by atoms with Gasteiger partial charge in [0.15, 0.2) is 0 Å². The van der Waals surface area contributed by atoms with Crippen LogP contribution in [0.3, 0.4) is 0 Å². The molecule has 1 rings (SSSR count). The van der Waals surface area contributed by atoms with Crippen molar-refractivity contribution in [3.8, 4) is 0 Å². The van der Waals surface area contributed by atoms with Gasteiger partial charge in [-0.05, 0) is 30.0 Å². The highest BCUT2D eigenvalue weighted by Crippen LogP contribution is 2.18. The first-order chi connectivity index (χ1) is 7.67. The van der Waals surface area contributed by atoms with Crippen molar-refractivity contribution >= 4 is 11.6 Å². The molecule has 0 bridgehead atoms. The van der Waals surface area contributed by atoms with Crippen molar-refractivity contribution in [1.29, 1.82) is 0 Å². The maximum atomic E-state index is 11.0. The fraction of sp³-hybridized carbons (Fsp3) is 0.462. The Bertz CT molecular complexity index is 361. The number of nitrogens with two attached hydrogens (primary N) is 1. The van der Waals surface area contributed by atoms with E-state index in [9.17, 15) is 4.79 Å². The zero-order valence-electron chi connectivity index (χ0n) is 10.0. The van der Waals surface area contributed by atoms with E-state index in [1.54, 1.807) is 0 Å². The normalized spacial score (nSPS) is 10.2. The largest absolute Gasteiger partial charge is 0.326 e. The minimum absolute atomic E-state index is 0.0593. The molecule has 0 saturated heterocycles.